The smallest absolute Gasteiger partial charge is 0.325 e. The molecule has 3 nitrogen and oxygen atoms in total. The van der Waals surface area contributed by atoms with E-state index >= 15 is 0 Å². The van der Waals surface area contributed by atoms with E-state index in [1.54, 1.807) is 12.1 Å². The number of hydrogen-bond donors (Lipinski definition) is 1. The van der Waals surface area contributed by atoms with Gasteiger partial charge in [-0.2, -0.15) is 0 Å². The largest absolute Gasteiger partial charge is 0.426 e. The van der Waals surface area contributed by atoms with Crippen LogP contribution in [0, 0.1) is 6.92 Å². The van der Waals surface area contributed by atoms with Crippen LogP contribution in [0.15, 0.2) is 24.3 Å². The zero-order valence-corrected chi connectivity index (χ0v) is 8.14. The average Bonchev–Trinajstić information content (AvgIpc) is 2.04. The topological polar surface area (TPSA) is 52.3 Å². The minimum Gasteiger partial charge on any atom is -0.426 e. The van der Waals surface area contributed by atoms with Crippen molar-refractivity contribution in [2.75, 3.05) is 6.54 Å². The highest BCUT2D eigenvalue weighted by Crippen LogP contribution is 2.11. The van der Waals surface area contributed by atoms with Crippen molar-refractivity contribution in [1.82, 2.24) is 0 Å². The lowest BCUT2D eigenvalue weighted by Gasteiger charge is -2.02. The van der Waals surface area contributed by atoms with Gasteiger partial charge in [0.15, 0.2) is 0 Å². The Labute approximate surface area is 83.3 Å². The molecular weight excluding hydrogens is 190 g/mol. The van der Waals surface area contributed by atoms with Gasteiger partial charge in [0.1, 0.15) is 5.75 Å². The van der Waals surface area contributed by atoms with Crippen LogP contribution < -0.4 is 10.5 Å². The maximum atomic E-state index is 10.7. The summed E-state index contributed by atoms with van der Waals surface area (Å²) in [5, 5.41) is 0. The molecule has 0 amide bonds. The van der Waals surface area contributed by atoms with E-state index in [0.29, 0.717) is 5.75 Å². The predicted octanol–water partition coefficient (Wildman–Crippen LogP) is 1.28. The van der Waals surface area contributed by atoms with Gasteiger partial charge in [-0.05, 0) is 24.6 Å². The first-order chi connectivity index (χ1) is 5.72. The standard InChI is InChI=1S/C9H11NO2.ClH/c1-7-3-2-4-8(5-7)12-9(11)6-10;/h2-5H,6,10H2,1H3;1H. The summed E-state index contributed by atoms with van der Waals surface area (Å²) in [6.07, 6.45) is 0. The van der Waals surface area contributed by atoms with Crippen LogP contribution in [-0.2, 0) is 4.79 Å². The number of carbonyl (C=O) groups is 1. The molecule has 0 aromatic heterocycles. The Morgan fingerprint density at radius 2 is 2.23 bits per heavy atom. The first kappa shape index (κ1) is 11.9. The molecule has 0 atom stereocenters. The molecule has 0 unspecified atom stereocenters. The van der Waals surface area contributed by atoms with Crippen LogP contribution in [0.3, 0.4) is 0 Å². The van der Waals surface area contributed by atoms with Crippen molar-refractivity contribution in [3.63, 3.8) is 0 Å². The van der Waals surface area contributed by atoms with Crippen LogP contribution in [0.25, 0.3) is 0 Å². The average molecular weight is 202 g/mol. The highest BCUT2D eigenvalue weighted by molar-refractivity contribution is 5.85. The lowest BCUT2D eigenvalue weighted by atomic mass is 10.2. The summed E-state index contributed by atoms with van der Waals surface area (Å²) in [5.74, 6) is 0.131. The summed E-state index contributed by atoms with van der Waals surface area (Å²) >= 11 is 0. The lowest BCUT2D eigenvalue weighted by Crippen LogP contribution is -2.19. The van der Waals surface area contributed by atoms with Gasteiger partial charge in [0.05, 0.1) is 6.54 Å². The summed E-state index contributed by atoms with van der Waals surface area (Å²) in [4.78, 5) is 10.7. The monoisotopic (exact) mass is 201 g/mol. The lowest BCUT2D eigenvalue weighted by molar-refractivity contribution is -0.132. The Bertz CT molecular complexity index is 289. The fraction of sp³-hybridized carbons (Fsp3) is 0.222. The number of nitrogens with two attached hydrogens (primary N) is 1. The third-order valence-electron chi connectivity index (χ3n) is 1.39. The normalized spacial score (nSPS) is 8.77. The molecule has 0 spiro atoms. The Balaban J connectivity index is 0.00000144. The van der Waals surface area contributed by atoms with Crippen molar-refractivity contribution in [1.29, 1.82) is 0 Å². The molecule has 0 aliphatic rings. The van der Waals surface area contributed by atoms with Crippen molar-refractivity contribution in [3.8, 4) is 5.75 Å². The summed E-state index contributed by atoms with van der Waals surface area (Å²) in [6.45, 7) is 1.84. The van der Waals surface area contributed by atoms with Crippen molar-refractivity contribution in [2.45, 2.75) is 6.92 Å². The first-order valence-corrected chi connectivity index (χ1v) is 3.70. The molecule has 2 N–H and O–H groups in total. The first-order valence-electron chi connectivity index (χ1n) is 3.70. The number of hydrogen-bond acceptors (Lipinski definition) is 3. The van der Waals surface area contributed by atoms with Crippen molar-refractivity contribution < 1.29 is 9.53 Å². The number of ether oxygens (including phenoxy) is 1. The summed E-state index contributed by atoms with van der Waals surface area (Å²) in [7, 11) is 0. The Hall–Kier alpha value is -1.06. The molecule has 1 aromatic carbocycles. The molecular formula is C9H12ClNO2. The third-order valence-corrected chi connectivity index (χ3v) is 1.39. The van der Waals surface area contributed by atoms with E-state index < -0.39 is 5.97 Å². The predicted molar refractivity (Wildman–Crippen MR) is 53.1 cm³/mol. The third kappa shape index (κ3) is 3.92. The van der Waals surface area contributed by atoms with Crippen molar-refractivity contribution in [2.24, 2.45) is 5.73 Å². The quantitative estimate of drug-likeness (QED) is 0.580. The zero-order chi connectivity index (χ0) is 8.97. The molecule has 1 rings (SSSR count). The van der Waals surface area contributed by atoms with Gasteiger partial charge in [0.25, 0.3) is 0 Å². The number of rotatable bonds is 2. The molecule has 0 aliphatic heterocycles. The van der Waals surface area contributed by atoms with Crippen LogP contribution >= 0.6 is 12.4 Å². The molecule has 0 heterocycles. The van der Waals surface area contributed by atoms with Gasteiger partial charge >= 0.3 is 5.97 Å². The fourth-order valence-electron chi connectivity index (χ4n) is 0.852. The van der Waals surface area contributed by atoms with E-state index in [9.17, 15) is 4.79 Å². The Kier molecular flexibility index (Phi) is 5.11. The van der Waals surface area contributed by atoms with E-state index in [1.807, 2.05) is 19.1 Å². The number of esters is 1. The van der Waals surface area contributed by atoms with Crippen LogP contribution in [0.1, 0.15) is 5.56 Å². The van der Waals surface area contributed by atoms with E-state index in [-0.39, 0.29) is 19.0 Å². The molecule has 0 aliphatic carbocycles. The highest BCUT2D eigenvalue weighted by atomic mass is 35.5. The van der Waals surface area contributed by atoms with Gasteiger partial charge in [-0.25, -0.2) is 0 Å². The van der Waals surface area contributed by atoms with Gasteiger partial charge in [-0.15, -0.1) is 12.4 Å². The van der Waals surface area contributed by atoms with Crippen molar-refractivity contribution in [3.05, 3.63) is 29.8 Å². The molecule has 4 heteroatoms. The van der Waals surface area contributed by atoms with Gasteiger partial charge in [0, 0.05) is 0 Å². The number of halogens is 1. The second-order valence-corrected chi connectivity index (χ2v) is 2.49. The maximum absolute atomic E-state index is 10.7. The van der Waals surface area contributed by atoms with Crippen LogP contribution in [0.4, 0.5) is 0 Å². The number of benzene rings is 1. The molecule has 1 aromatic rings. The molecule has 72 valence electrons. The van der Waals surface area contributed by atoms with E-state index in [1.165, 1.54) is 0 Å². The molecule has 0 saturated heterocycles. The minimum atomic E-state index is -0.416. The second kappa shape index (κ2) is 5.56. The molecule has 13 heavy (non-hydrogen) atoms. The zero-order valence-electron chi connectivity index (χ0n) is 7.32. The molecule has 0 radical (unpaired) electrons. The molecule has 0 saturated carbocycles. The number of aryl methyl sites for hydroxylation is 1. The van der Waals surface area contributed by atoms with Crippen LogP contribution in [0.2, 0.25) is 0 Å². The summed E-state index contributed by atoms with van der Waals surface area (Å²) in [5.41, 5.74) is 6.14. The minimum absolute atomic E-state index is 0. The second-order valence-electron chi connectivity index (χ2n) is 2.49. The highest BCUT2D eigenvalue weighted by Gasteiger charge is 2.00. The van der Waals surface area contributed by atoms with Gasteiger partial charge < -0.3 is 10.5 Å². The summed E-state index contributed by atoms with van der Waals surface area (Å²) in [6, 6.07) is 7.27. The SMILES string of the molecule is Cc1cccc(OC(=O)CN)c1.Cl. The Morgan fingerprint density at radius 3 is 2.77 bits per heavy atom. The van der Waals surface area contributed by atoms with E-state index in [4.69, 9.17) is 10.5 Å². The van der Waals surface area contributed by atoms with Gasteiger partial charge in [-0.1, -0.05) is 12.1 Å². The van der Waals surface area contributed by atoms with Crippen molar-refractivity contribution >= 4 is 18.4 Å². The van der Waals surface area contributed by atoms with E-state index in [0.717, 1.165) is 5.56 Å². The van der Waals surface area contributed by atoms with Gasteiger partial charge in [0.2, 0.25) is 0 Å². The van der Waals surface area contributed by atoms with E-state index in [2.05, 4.69) is 0 Å². The molecule has 0 fully saturated rings. The number of carbonyl (C=O) groups excluding carboxylic acids is 1. The summed E-state index contributed by atoms with van der Waals surface area (Å²) < 4.78 is 4.88. The maximum Gasteiger partial charge on any atom is 0.325 e. The van der Waals surface area contributed by atoms with Gasteiger partial charge in [-0.3, -0.25) is 4.79 Å². The van der Waals surface area contributed by atoms with Crippen LogP contribution in [0.5, 0.6) is 5.75 Å². The Morgan fingerprint density at radius 1 is 1.54 bits per heavy atom. The van der Waals surface area contributed by atoms with Crippen LogP contribution in [-0.4, -0.2) is 12.5 Å². The fourth-order valence-corrected chi connectivity index (χ4v) is 0.852. The molecule has 0 bridgehead atoms.